The molecule has 0 N–H and O–H groups in total. The molecule has 0 aliphatic carbocycles. The molecule has 3 atom stereocenters. The van der Waals surface area contributed by atoms with Crippen molar-refractivity contribution < 1.29 is 19.1 Å². The molecule has 0 unspecified atom stereocenters. The first-order chi connectivity index (χ1) is 15.5. The topological polar surface area (TPSA) is 81.1 Å². The van der Waals surface area contributed by atoms with Crippen LogP contribution in [0.4, 0.5) is 0 Å². The highest BCUT2D eigenvalue weighted by Crippen LogP contribution is 2.37. The smallest absolute Gasteiger partial charge is 0.250 e. The minimum atomic E-state index is -0.312. The molecule has 0 saturated carbocycles. The molecule has 2 bridgehead atoms. The van der Waals surface area contributed by atoms with Gasteiger partial charge in [0.15, 0.2) is 11.5 Å². The molecule has 4 aliphatic rings. The van der Waals surface area contributed by atoms with Gasteiger partial charge in [-0.1, -0.05) is 12.1 Å². The van der Waals surface area contributed by atoms with Gasteiger partial charge in [-0.25, -0.2) is 0 Å². The predicted octanol–water partition coefficient (Wildman–Crippen LogP) is 1.57. The Morgan fingerprint density at radius 3 is 2.78 bits per heavy atom. The van der Waals surface area contributed by atoms with E-state index in [1.807, 2.05) is 33.7 Å². The molecule has 8 nitrogen and oxygen atoms in total. The van der Waals surface area contributed by atoms with Crippen molar-refractivity contribution in [2.75, 3.05) is 26.4 Å². The van der Waals surface area contributed by atoms with Crippen LogP contribution in [0.2, 0.25) is 0 Å². The molecular formula is C24H25N3O5. The molecule has 8 heteroatoms. The number of fused-ring (bicyclic) bond motifs is 5. The lowest BCUT2D eigenvalue weighted by Gasteiger charge is -2.43. The molecule has 1 aromatic carbocycles. The van der Waals surface area contributed by atoms with Gasteiger partial charge in [0.25, 0.3) is 5.56 Å². The lowest BCUT2D eigenvalue weighted by Crippen LogP contribution is -2.50. The van der Waals surface area contributed by atoms with E-state index < -0.39 is 0 Å². The summed E-state index contributed by atoms with van der Waals surface area (Å²) in [6.45, 7) is 3.05. The molecule has 2 fully saturated rings. The molecule has 2 aromatic rings. The maximum Gasteiger partial charge on any atom is 0.250 e. The van der Waals surface area contributed by atoms with E-state index in [9.17, 15) is 14.4 Å². The third-order valence-electron chi connectivity index (χ3n) is 7.17. The fourth-order valence-corrected chi connectivity index (χ4v) is 5.68. The summed E-state index contributed by atoms with van der Waals surface area (Å²) < 4.78 is 12.6. The maximum atomic E-state index is 13.3. The summed E-state index contributed by atoms with van der Waals surface area (Å²) in [5, 5.41) is 0. The van der Waals surface area contributed by atoms with E-state index in [2.05, 4.69) is 0 Å². The first kappa shape index (κ1) is 19.4. The van der Waals surface area contributed by atoms with Gasteiger partial charge in [-0.15, -0.1) is 0 Å². The van der Waals surface area contributed by atoms with Crippen molar-refractivity contribution in [1.82, 2.24) is 14.4 Å². The molecule has 1 aromatic heterocycles. The van der Waals surface area contributed by atoms with Crippen molar-refractivity contribution in [2.24, 2.45) is 11.8 Å². The lowest BCUT2D eigenvalue weighted by molar-refractivity contribution is -0.138. The van der Waals surface area contributed by atoms with E-state index in [1.165, 1.54) is 0 Å². The lowest BCUT2D eigenvalue weighted by atomic mass is 9.82. The van der Waals surface area contributed by atoms with Gasteiger partial charge >= 0.3 is 0 Å². The summed E-state index contributed by atoms with van der Waals surface area (Å²) in [4.78, 5) is 41.9. The molecule has 32 heavy (non-hydrogen) atoms. The van der Waals surface area contributed by atoms with Crippen LogP contribution < -0.4 is 15.0 Å². The standard InChI is InChI=1S/C24H25N3O5/c28-22-3-1-2-19-17-6-16(11-27(19)22)10-26(12-17)24(30)18-8-23(29)25(13-18)9-15-4-5-20-21(7-15)32-14-31-20/h1-5,7,16-18H,6,8-14H2/t16-,17+,18+/m0/s1. The zero-order chi connectivity index (χ0) is 21.8. The molecule has 2 saturated heterocycles. The van der Waals surface area contributed by atoms with Crippen molar-refractivity contribution in [1.29, 1.82) is 0 Å². The average molecular weight is 435 g/mol. The molecule has 5 heterocycles. The molecule has 166 valence electrons. The van der Waals surface area contributed by atoms with Crippen LogP contribution in [0.5, 0.6) is 11.5 Å². The number of hydrogen-bond acceptors (Lipinski definition) is 5. The van der Waals surface area contributed by atoms with Crippen molar-refractivity contribution in [2.45, 2.75) is 31.8 Å². The number of pyridine rings is 1. The Labute approximate surface area is 185 Å². The number of hydrogen-bond donors (Lipinski definition) is 0. The Balaban J connectivity index is 1.14. The fourth-order valence-electron chi connectivity index (χ4n) is 5.68. The number of carbonyl (C=O) groups excluding carboxylic acids is 2. The Morgan fingerprint density at radius 1 is 1.00 bits per heavy atom. The van der Waals surface area contributed by atoms with E-state index in [0.29, 0.717) is 44.2 Å². The second-order valence-electron chi connectivity index (χ2n) is 9.30. The number of piperidine rings is 1. The largest absolute Gasteiger partial charge is 0.454 e. The minimum Gasteiger partial charge on any atom is -0.454 e. The monoisotopic (exact) mass is 435 g/mol. The van der Waals surface area contributed by atoms with E-state index in [-0.39, 0.29) is 48.3 Å². The van der Waals surface area contributed by atoms with Crippen LogP contribution >= 0.6 is 0 Å². The normalized spacial score (nSPS) is 25.8. The highest BCUT2D eigenvalue weighted by atomic mass is 16.7. The highest BCUT2D eigenvalue weighted by Gasteiger charge is 2.41. The second kappa shape index (κ2) is 7.39. The second-order valence-corrected chi connectivity index (χ2v) is 9.30. The van der Waals surface area contributed by atoms with E-state index >= 15 is 0 Å². The number of carbonyl (C=O) groups is 2. The number of rotatable bonds is 3. The van der Waals surface area contributed by atoms with Crippen LogP contribution in [0.3, 0.4) is 0 Å². The van der Waals surface area contributed by atoms with Crippen LogP contribution in [0.25, 0.3) is 0 Å². The summed E-state index contributed by atoms with van der Waals surface area (Å²) >= 11 is 0. The van der Waals surface area contributed by atoms with Crippen LogP contribution in [0.1, 0.15) is 30.0 Å². The minimum absolute atomic E-state index is 0.00937. The zero-order valence-corrected chi connectivity index (χ0v) is 17.7. The van der Waals surface area contributed by atoms with Crippen LogP contribution in [-0.2, 0) is 22.7 Å². The molecule has 2 amide bonds. The number of likely N-dealkylation sites (tertiary alicyclic amines) is 2. The third-order valence-corrected chi connectivity index (χ3v) is 7.17. The van der Waals surface area contributed by atoms with Gasteiger partial charge in [-0.05, 0) is 36.1 Å². The number of nitrogens with zero attached hydrogens (tertiary/aromatic N) is 3. The number of benzene rings is 1. The summed E-state index contributed by atoms with van der Waals surface area (Å²) in [7, 11) is 0. The van der Waals surface area contributed by atoms with Crippen molar-refractivity contribution >= 4 is 11.8 Å². The molecule has 4 aliphatic heterocycles. The first-order valence-electron chi connectivity index (χ1n) is 11.2. The molecule has 6 rings (SSSR count). The van der Waals surface area contributed by atoms with Gasteiger partial charge in [-0.3, -0.25) is 14.4 Å². The molecule has 0 radical (unpaired) electrons. The van der Waals surface area contributed by atoms with E-state index in [1.54, 1.807) is 17.0 Å². The average Bonchev–Trinajstić information content (AvgIpc) is 3.40. The van der Waals surface area contributed by atoms with E-state index in [0.717, 1.165) is 17.7 Å². The molecular weight excluding hydrogens is 410 g/mol. The van der Waals surface area contributed by atoms with Crippen LogP contribution in [-0.4, -0.2) is 52.6 Å². The Hall–Kier alpha value is -3.29. The van der Waals surface area contributed by atoms with Crippen molar-refractivity contribution in [3.05, 3.63) is 58.0 Å². The maximum absolute atomic E-state index is 13.3. The number of aromatic nitrogens is 1. The van der Waals surface area contributed by atoms with Crippen molar-refractivity contribution in [3.63, 3.8) is 0 Å². The van der Waals surface area contributed by atoms with Gasteiger partial charge < -0.3 is 23.8 Å². The van der Waals surface area contributed by atoms with Gasteiger partial charge in [0.05, 0.1) is 5.92 Å². The SMILES string of the molecule is O=C1C[C@@H](C(=O)N2C[C@@H]3C[C@H](C2)c2cccc(=O)n2C3)CN1Cc1ccc2c(c1)OCO2. The Kier molecular flexibility index (Phi) is 4.48. The van der Waals surface area contributed by atoms with Gasteiger partial charge in [0.1, 0.15) is 0 Å². The summed E-state index contributed by atoms with van der Waals surface area (Å²) in [5.74, 6) is 1.64. The Bertz CT molecular complexity index is 1160. The number of amides is 2. The highest BCUT2D eigenvalue weighted by molar-refractivity contribution is 5.89. The first-order valence-corrected chi connectivity index (χ1v) is 11.2. The van der Waals surface area contributed by atoms with Gasteiger partial charge in [0, 0.05) is 56.8 Å². The quantitative estimate of drug-likeness (QED) is 0.731. The predicted molar refractivity (Wildman–Crippen MR) is 114 cm³/mol. The van der Waals surface area contributed by atoms with Crippen molar-refractivity contribution in [3.8, 4) is 11.5 Å². The van der Waals surface area contributed by atoms with Crippen LogP contribution in [0, 0.1) is 11.8 Å². The summed E-state index contributed by atoms with van der Waals surface area (Å²) in [6, 6.07) is 11.1. The van der Waals surface area contributed by atoms with Gasteiger partial charge in [0.2, 0.25) is 18.6 Å². The van der Waals surface area contributed by atoms with E-state index in [4.69, 9.17) is 9.47 Å². The summed E-state index contributed by atoms with van der Waals surface area (Å²) in [5.41, 5.74) is 2.03. The molecule has 0 spiro atoms. The van der Waals surface area contributed by atoms with Gasteiger partial charge in [-0.2, -0.15) is 0 Å². The summed E-state index contributed by atoms with van der Waals surface area (Å²) in [6.07, 6.45) is 1.26. The number of ether oxygens (including phenoxy) is 2. The third kappa shape index (κ3) is 3.25. The Morgan fingerprint density at radius 2 is 1.88 bits per heavy atom. The zero-order valence-electron chi connectivity index (χ0n) is 17.7. The fraction of sp³-hybridized carbons (Fsp3) is 0.458. The van der Waals surface area contributed by atoms with Crippen LogP contribution in [0.15, 0.2) is 41.2 Å².